The van der Waals surface area contributed by atoms with E-state index in [2.05, 4.69) is 26.8 Å². The van der Waals surface area contributed by atoms with Crippen molar-refractivity contribution in [1.82, 2.24) is 0 Å². The van der Waals surface area contributed by atoms with Gasteiger partial charge >= 0.3 is 5.97 Å². The molecule has 2 nitrogen and oxygen atoms in total. The lowest BCUT2D eigenvalue weighted by Gasteiger charge is -2.11. The van der Waals surface area contributed by atoms with Crippen LogP contribution in [0.3, 0.4) is 0 Å². The van der Waals surface area contributed by atoms with E-state index in [1.54, 1.807) is 6.08 Å². The molecule has 0 aromatic heterocycles. The lowest BCUT2D eigenvalue weighted by molar-refractivity contribution is -0.137. The van der Waals surface area contributed by atoms with Crippen LogP contribution >= 0.6 is 0 Å². The SMILES string of the molecule is CCC(C)CCCC(C)CC=CC(C)=CC(=O)OCCc1ccccc1. The van der Waals surface area contributed by atoms with E-state index in [-0.39, 0.29) is 5.97 Å². The molecule has 0 amide bonds. The van der Waals surface area contributed by atoms with Gasteiger partial charge in [-0.25, -0.2) is 4.79 Å². The van der Waals surface area contributed by atoms with Gasteiger partial charge in [0.1, 0.15) is 0 Å². The van der Waals surface area contributed by atoms with Crippen molar-refractivity contribution in [1.29, 1.82) is 0 Å². The second-order valence-electron chi connectivity index (χ2n) is 7.48. The first-order valence-corrected chi connectivity index (χ1v) is 10.1. The van der Waals surface area contributed by atoms with Gasteiger partial charge in [-0.3, -0.25) is 0 Å². The highest BCUT2D eigenvalue weighted by atomic mass is 16.5. The van der Waals surface area contributed by atoms with E-state index in [0.29, 0.717) is 12.5 Å². The molecule has 2 atom stereocenters. The van der Waals surface area contributed by atoms with E-state index in [9.17, 15) is 4.79 Å². The Labute approximate surface area is 160 Å². The Hall–Kier alpha value is -1.83. The number of benzene rings is 1. The van der Waals surface area contributed by atoms with E-state index >= 15 is 0 Å². The molecule has 144 valence electrons. The molecule has 0 aliphatic heterocycles. The molecule has 1 rings (SSSR count). The average Bonchev–Trinajstić information content (AvgIpc) is 2.62. The van der Waals surface area contributed by atoms with Crippen LogP contribution in [-0.2, 0) is 16.0 Å². The number of rotatable bonds is 12. The van der Waals surface area contributed by atoms with Crippen LogP contribution in [0.5, 0.6) is 0 Å². The highest BCUT2D eigenvalue weighted by molar-refractivity contribution is 5.83. The first-order valence-electron chi connectivity index (χ1n) is 10.1. The molecular weight excluding hydrogens is 320 g/mol. The molecule has 0 heterocycles. The highest BCUT2D eigenvalue weighted by Crippen LogP contribution is 2.17. The Kier molecular flexibility index (Phi) is 11.4. The molecule has 0 fully saturated rings. The smallest absolute Gasteiger partial charge is 0.331 e. The lowest BCUT2D eigenvalue weighted by atomic mass is 9.95. The van der Waals surface area contributed by atoms with Gasteiger partial charge in [0, 0.05) is 12.5 Å². The van der Waals surface area contributed by atoms with E-state index < -0.39 is 0 Å². The molecule has 0 aliphatic rings. The van der Waals surface area contributed by atoms with Crippen LogP contribution in [0.25, 0.3) is 0 Å². The molecule has 1 aromatic rings. The van der Waals surface area contributed by atoms with Crippen LogP contribution in [-0.4, -0.2) is 12.6 Å². The van der Waals surface area contributed by atoms with Gasteiger partial charge in [0.2, 0.25) is 0 Å². The van der Waals surface area contributed by atoms with Gasteiger partial charge in [0.05, 0.1) is 6.61 Å². The highest BCUT2D eigenvalue weighted by Gasteiger charge is 2.03. The topological polar surface area (TPSA) is 26.3 Å². The van der Waals surface area contributed by atoms with Gasteiger partial charge in [-0.05, 0) is 36.3 Å². The summed E-state index contributed by atoms with van der Waals surface area (Å²) in [6.07, 6.45) is 12.8. The Morgan fingerprint density at radius 1 is 1.12 bits per heavy atom. The summed E-state index contributed by atoms with van der Waals surface area (Å²) < 4.78 is 5.28. The summed E-state index contributed by atoms with van der Waals surface area (Å²) in [6, 6.07) is 10.1. The second-order valence-corrected chi connectivity index (χ2v) is 7.48. The van der Waals surface area contributed by atoms with Gasteiger partial charge in [-0.2, -0.15) is 0 Å². The standard InChI is InChI=1S/C24H36O2/c1-5-20(2)11-9-12-21(3)13-10-14-22(4)19-24(25)26-18-17-23-15-7-6-8-16-23/h6-8,10,14-16,19-21H,5,9,11-13,17-18H2,1-4H3. The van der Waals surface area contributed by atoms with E-state index in [0.717, 1.165) is 24.3 Å². The maximum Gasteiger partial charge on any atom is 0.331 e. The molecule has 0 saturated heterocycles. The van der Waals surface area contributed by atoms with Crippen molar-refractivity contribution in [3.8, 4) is 0 Å². The molecule has 26 heavy (non-hydrogen) atoms. The van der Waals surface area contributed by atoms with Gasteiger partial charge in [-0.1, -0.05) is 88.9 Å². The van der Waals surface area contributed by atoms with Crippen LogP contribution < -0.4 is 0 Å². The van der Waals surface area contributed by atoms with E-state index in [1.165, 1.54) is 31.2 Å². The van der Waals surface area contributed by atoms with Crippen molar-refractivity contribution in [3.05, 3.63) is 59.7 Å². The molecule has 0 radical (unpaired) electrons. The minimum absolute atomic E-state index is 0.260. The van der Waals surface area contributed by atoms with Crippen molar-refractivity contribution in [2.75, 3.05) is 6.61 Å². The predicted octanol–water partition coefficient (Wildman–Crippen LogP) is 6.52. The minimum atomic E-state index is -0.260. The molecule has 0 saturated carbocycles. The van der Waals surface area contributed by atoms with Gasteiger partial charge in [0.15, 0.2) is 0 Å². The van der Waals surface area contributed by atoms with Crippen LogP contribution in [0.1, 0.15) is 65.4 Å². The third-order valence-corrected chi connectivity index (χ3v) is 4.83. The van der Waals surface area contributed by atoms with E-state index in [1.807, 2.05) is 43.3 Å². The maximum absolute atomic E-state index is 11.8. The molecule has 1 aromatic carbocycles. The normalized spacial score (nSPS) is 14.4. The molecule has 0 bridgehead atoms. The Morgan fingerprint density at radius 2 is 1.81 bits per heavy atom. The summed E-state index contributed by atoms with van der Waals surface area (Å²) in [4.78, 5) is 11.8. The van der Waals surface area contributed by atoms with Crippen molar-refractivity contribution in [2.24, 2.45) is 11.8 Å². The number of allylic oxidation sites excluding steroid dienone is 3. The van der Waals surface area contributed by atoms with Crippen LogP contribution in [0.15, 0.2) is 54.1 Å². The van der Waals surface area contributed by atoms with Crippen molar-refractivity contribution < 1.29 is 9.53 Å². The van der Waals surface area contributed by atoms with Gasteiger partial charge in [-0.15, -0.1) is 0 Å². The molecule has 2 heteroatoms. The number of ether oxygens (including phenoxy) is 1. The average molecular weight is 357 g/mol. The fourth-order valence-electron chi connectivity index (χ4n) is 2.81. The van der Waals surface area contributed by atoms with Crippen LogP contribution in [0.2, 0.25) is 0 Å². The summed E-state index contributed by atoms with van der Waals surface area (Å²) >= 11 is 0. The largest absolute Gasteiger partial charge is 0.462 e. The molecule has 0 N–H and O–H groups in total. The van der Waals surface area contributed by atoms with Crippen molar-refractivity contribution >= 4 is 5.97 Å². The monoisotopic (exact) mass is 356 g/mol. The zero-order valence-corrected chi connectivity index (χ0v) is 17.0. The molecule has 0 aliphatic carbocycles. The molecular formula is C24H36O2. The number of carbonyl (C=O) groups excluding carboxylic acids is 1. The fourth-order valence-corrected chi connectivity index (χ4v) is 2.81. The van der Waals surface area contributed by atoms with Crippen molar-refractivity contribution in [3.63, 3.8) is 0 Å². The summed E-state index contributed by atoms with van der Waals surface area (Å²) in [7, 11) is 0. The zero-order valence-electron chi connectivity index (χ0n) is 17.0. The number of hydrogen-bond donors (Lipinski definition) is 0. The number of hydrogen-bond acceptors (Lipinski definition) is 2. The first-order chi connectivity index (χ1) is 12.5. The van der Waals surface area contributed by atoms with E-state index in [4.69, 9.17) is 4.74 Å². The number of esters is 1. The zero-order chi connectivity index (χ0) is 19.2. The molecule has 2 unspecified atom stereocenters. The van der Waals surface area contributed by atoms with Gasteiger partial charge in [0.25, 0.3) is 0 Å². The summed E-state index contributed by atoms with van der Waals surface area (Å²) in [5.74, 6) is 1.28. The maximum atomic E-state index is 11.8. The summed E-state index contributed by atoms with van der Waals surface area (Å²) in [5, 5.41) is 0. The predicted molar refractivity (Wildman–Crippen MR) is 111 cm³/mol. The van der Waals surface area contributed by atoms with Gasteiger partial charge < -0.3 is 4.74 Å². The Bertz CT molecular complexity index is 557. The third-order valence-electron chi connectivity index (χ3n) is 4.83. The first kappa shape index (κ1) is 22.2. The Morgan fingerprint density at radius 3 is 2.50 bits per heavy atom. The quantitative estimate of drug-likeness (QED) is 0.242. The lowest BCUT2D eigenvalue weighted by Crippen LogP contribution is -2.05. The Balaban J connectivity index is 2.22. The second kappa shape index (κ2) is 13.4. The summed E-state index contributed by atoms with van der Waals surface area (Å²) in [6.45, 7) is 9.26. The van der Waals surface area contributed by atoms with Crippen molar-refractivity contribution in [2.45, 2.75) is 66.2 Å². The number of carbonyl (C=O) groups is 1. The molecule has 0 spiro atoms. The fraction of sp³-hybridized carbons (Fsp3) is 0.542. The van der Waals surface area contributed by atoms with Crippen LogP contribution in [0, 0.1) is 11.8 Å². The third kappa shape index (κ3) is 10.9. The minimum Gasteiger partial charge on any atom is -0.462 e. The summed E-state index contributed by atoms with van der Waals surface area (Å²) in [5.41, 5.74) is 2.13. The van der Waals surface area contributed by atoms with Crippen LogP contribution in [0.4, 0.5) is 0 Å².